The lowest BCUT2D eigenvalue weighted by Gasteiger charge is -2.12. The second-order valence-electron chi connectivity index (χ2n) is 6.04. The normalized spacial score (nSPS) is 11.5. The number of nitrogens with one attached hydrogen (secondary N) is 1. The first-order chi connectivity index (χ1) is 12.3. The minimum absolute atomic E-state index is 0.284. The second kappa shape index (κ2) is 7.59. The van der Waals surface area contributed by atoms with E-state index in [0.717, 1.165) is 16.5 Å². The number of halogens is 1. The van der Waals surface area contributed by atoms with Crippen molar-refractivity contribution in [3.05, 3.63) is 70.1 Å². The second-order valence-corrected chi connectivity index (χ2v) is 8.58. The van der Waals surface area contributed by atoms with E-state index in [4.69, 9.17) is 0 Å². The summed E-state index contributed by atoms with van der Waals surface area (Å²) in [4.78, 5) is 4.28. The maximum atomic E-state index is 12.8. The largest absolute Gasteiger partial charge is 0.270 e. The average Bonchev–Trinajstić information content (AvgIpc) is 2.99. The fraction of sp³-hybridized carbons (Fsp3) is 0.222. The van der Waals surface area contributed by atoms with Crippen LogP contribution in [0.25, 0.3) is 0 Å². The van der Waals surface area contributed by atoms with Crippen LogP contribution in [0.15, 0.2) is 58.3 Å². The Morgan fingerprint density at radius 2 is 1.77 bits per heavy atom. The van der Waals surface area contributed by atoms with Gasteiger partial charge >= 0.3 is 0 Å². The van der Waals surface area contributed by atoms with Crippen LogP contribution in [0.2, 0.25) is 0 Å². The molecular formula is C18H19BrN4O2S. The van der Waals surface area contributed by atoms with Crippen LogP contribution in [-0.2, 0) is 23.0 Å². The van der Waals surface area contributed by atoms with Gasteiger partial charge in [0.1, 0.15) is 0 Å². The van der Waals surface area contributed by atoms with Gasteiger partial charge in [0.25, 0.3) is 10.0 Å². The Balaban J connectivity index is 1.74. The molecule has 1 N–H and O–H groups in total. The molecule has 0 aliphatic carbocycles. The predicted octanol–water partition coefficient (Wildman–Crippen LogP) is 3.70. The molecule has 2 aromatic heterocycles. The van der Waals surface area contributed by atoms with Gasteiger partial charge in [-0.25, -0.2) is 8.42 Å². The van der Waals surface area contributed by atoms with E-state index >= 15 is 0 Å². The van der Waals surface area contributed by atoms with Gasteiger partial charge in [-0.2, -0.15) is 5.10 Å². The number of sulfonamides is 1. The molecule has 2 heterocycles. The first kappa shape index (κ1) is 18.6. The summed E-state index contributed by atoms with van der Waals surface area (Å²) in [6.07, 6.45) is 6.06. The number of anilines is 1. The number of hydrogen-bond donors (Lipinski definition) is 1. The predicted molar refractivity (Wildman–Crippen MR) is 105 cm³/mol. The molecule has 0 saturated carbocycles. The molecule has 0 amide bonds. The van der Waals surface area contributed by atoms with Crippen molar-refractivity contribution in [3.63, 3.8) is 0 Å². The van der Waals surface area contributed by atoms with Crippen molar-refractivity contribution in [1.29, 1.82) is 0 Å². The summed E-state index contributed by atoms with van der Waals surface area (Å²) in [7, 11) is -3.70. The molecule has 1 aromatic carbocycles. The van der Waals surface area contributed by atoms with Crippen molar-refractivity contribution in [2.75, 3.05) is 4.72 Å². The number of benzene rings is 1. The third-order valence-corrected chi connectivity index (χ3v) is 6.07. The molecule has 0 spiro atoms. The maximum absolute atomic E-state index is 12.8. The fourth-order valence-corrected chi connectivity index (χ4v) is 4.98. The van der Waals surface area contributed by atoms with Crippen molar-refractivity contribution < 1.29 is 8.42 Å². The summed E-state index contributed by atoms with van der Waals surface area (Å²) in [5, 5.41) is 4.31. The van der Waals surface area contributed by atoms with E-state index in [1.165, 1.54) is 0 Å². The molecule has 0 aliphatic rings. The van der Waals surface area contributed by atoms with Crippen molar-refractivity contribution in [3.8, 4) is 0 Å². The van der Waals surface area contributed by atoms with E-state index in [2.05, 4.69) is 30.7 Å². The summed E-state index contributed by atoms with van der Waals surface area (Å²) in [6, 6.07) is 9.13. The molecule has 0 radical (unpaired) electrons. The molecule has 0 saturated heterocycles. The van der Waals surface area contributed by atoms with Crippen LogP contribution in [0, 0.1) is 13.8 Å². The number of hydrogen-bond acceptors (Lipinski definition) is 4. The molecule has 6 nitrogen and oxygen atoms in total. The van der Waals surface area contributed by atoms with Crippen molar-refractivity contribution >= 4 is 31.8 Å². The van der Waals surface area contributed by atoms with Gasteiger partial charge in [0.2, 0.25) is 0 Å². The topological polar surface area (TPSA) is 76.9 Å². The number of pyridine rings is 1. The quantitative estimate of drug-likeness (QED) is 0.641. The van der Waals surface area contributed by atoms with Crippen molar-refractivity contribution in [2.45, 2.75) is 31.7 Å². The average molecular weight is 435 g/mol. The Morgan fingerprint density at radius 3 is 2.42 bits per heavy atom. The molecular weight excluding hydrogens is 416 g/mol. The Bertz CT molecular complexity index is 994. The third kappa shape index (κ3) is 4.31. The molecule has 0 unspecified atom stereocenters. The van der Waals surface area contributed by atoms with Crippen LogP contribution >= 0.6 is 15.9 Å². The van der Waals surface area contributed by atoms with Gasteiger partial charge in [-0.3, -0.25) is 14.4 Å². The van der Waals surface area contributed by atoms with Gasteiger partial charge < -0.3 is 0 Å². The molecule has 136 valence electrons. The molecule has 3 aromatic rings. The lowest BCUT2D eigenvalue weighted by Crippen LogP contribution is -2.16. The number of aromatic nitrogens is 3. The van der Waals surface area contributed by atoms with Gasteiger partial charge in [0, 0.05) is 35.7 Å². The lowest BCUT2D eigenvalue weighted by molar-refractivity contribution is 0.598. The summed E-state index contributed by atoms with van der Waals surface area (Å²) in [6.45, 7) is 4.21. The van der Waals surface area contributed by atoms with Crippen LogP contribution in [-0.4, -0.2) is 23.2 Å². The molecule has 8 heteroatoms. The number of rotatable bonds is 6. The Labute approximate surface area is 161 Å². The van der Waals surface area contributed by atoms with Gasteiger partial charge in [0.15, 0.2) is 5.82 Å². The highest BCUT2D eigenvalue weighted by Gasteiger charge is 2.21. The summed E-state index contributed by atoms with van der Waals surface area (Å²) in [5.41, 5.74) is 2.52. The van der Waals surface area contributed by atoms with Gasteiger partial charge in [0.05, 0.1) is 4.90 Å². The van der Waals surface area contributed by atoms with Crippen molar-refractivity contribution in [1.82, 2.24) is 14.8 Å². The van der Waals surface area contributed by atoms with E-state index in [1.807, 2.05) is 12.1 Å². The van der Waals surface area contributed by atoms with Gasteiger partial charge in [-0.1, -0.05) is 15.9 Å². The Kier molecular flexibility index (Phi) is 5.43. The van der Waals surface area contributed by atoms with Crippen molar-refractivity contribution in [2.24, 2.45) is 0 Å². The van der Waals surface area contributed by atoms with Crippen LogP contribution in [0.5, 0.6) is 0 Å². The summed E-state index contributed by atoms with van der Waals surface area (Å²) in [5.74, 6) is 0.307. The Hall–Kier alpha value is -2.19. The standard InChI is InChI=1S/C18H19BrN4O2S/c1-13-11-16(19)12-14(2)18(13)26(24,25)22-17-6-10-23(21-17)9-5-15-3-7-20-8-4-15/h3-4,6-8,10-12H,5,9H2,1-2H3,(H,21,22). The highest BCUT2D eigenvalue weighted by molar-refractivity contribution is 9.10. The molecule has 0 aliphatic heterocycles. The van der Waals surface area contributed by atoms with Crippen LogP contribution in [0.4, 0.5) is 5.82 Å². The van der Waals surface area contributed by atoms with E-state index < -0.39 is 10.0 Å². The van der Waals surface area contributed by atoms with Crippen LogP contribution in [0.3, 0.4) is 0 Å². The van der Waals surface area contributed by atoms with E-state index in [-0.39, 0.29) is 4.90 Å². The molecule has 3 rings (SSSR count). The zero-order chi connectivity index (χ0) is 18.7. The number of nitrogens with zero attached hydrogens (tertiary/aromatic N) is 3. The minimum Gasteiger partial charge on any atom is -0.270 e. The van der Waals surface area contributed by atoms with Gasteiger partial charge in [-0.15, -0.1) is 0 Å². The van der Waals surface area contributed by atoms with E-state index in [0.29, 0.717) is 23.5 Å². The molecule has 0 atom stereocenters. The zero-order valence-corrected chi connectivity index (χ0v) is 16.9. The monoisotopic (exact) mass is 434 g/mol. The summed E-state index contributed by atoms with van der Waals surface area (Å²) >= 11 is 3.39. The molecule has 26 heavy (non-hydrogen) atoms. The maximum Gasteiger partial charge on any atom is 0.263 e. The first-order valence-corrected chi connectivity index (χ1v) is 10.3. The van der Waals surface area contributed by atoms with Crippen LogP contribution in [0.1, 0.15) is 16.7 Å². The minimum atomic E-state index is -3.70. The smallest absolute Gasteiger partial charge is 0.263 e. The van der Waals surface area contributed by atoms with Crippen LogP contribution < -0.4 is 4.72 Å². The highest BCUT2D eigenvalue weighted by Crippen LogP contribution is 2.26. The third-order valence-electron chi connectivity index (χ3n) is 3.95. The highest BCUT2D eigenvalue weighted by atomic mass is 79.9. The summed E-state index contributed by atoms with van der Waals surface area (Å²) < 4.78 is 30.7. The first-order valence-electron chi connectivity index (χ1n) is 8.07. The lowest BCUT2D eigenvalue weighted by atomic mass is 10.2. The van der Waals surface area contributed by atoms with E-state index in [1.54, 1.807) is 55.3 Å². The fourth-order valence-electron chi connectivity index (χ4n) is 2.84. The SMILES string of the molecule is Cc1cc(Br)cc(C)c1S(=O)(=O)Nc1ccn(CCc2ccncc2)n1. The van der Waals surface area contributed by atoms with Gasteiger partial charge in [-0.05, 0) is 61.2 Å². The molecule has 0 bridgehead atoms. The van der Waals surface area contributed by atoms with E-state index in [9.17, 15) is 8.42 Å². The zero-order valence-electron chi connectivity index (χ0n) is 14.5. The molecule has 0 fully saturated rings. The Morgan fingerprint density at radius 1 is 1.12 bits per heavy atom. The number of aryl methyl sites for hydroxylation is 4.